The van der Waals surface area contributed by atoms with Gasteiger partial charge in [-0.25, -0.2) is 9.80 Å². The Labute approximate surface area is 519 Å². The maximum atomic E-state index is 15.7. The van der Waals surface area contributed by atoms with Crippen LogP contribution in [0.2, 0.25) is 0 Å². The molecule has 17 heteroatoms. The first-order valence-electron chi connectivity index (χ1n) is 31.8. The van der Waals surface area contributed by atoms with Crippen LogP contribution in [0.3, 0.4) is 0 Å². The molecule has 12 unspecified atom stereocenters. The number of carbonyl (C=O) groups is 8. The van der Waals surface area contributed by atoms with Crippen molar-refractivity contribution in [2.24, 2.45) is 71.0 Å². The number of amides is 8. The predicted octanol–water partition coefficient (Wildman–Crippen LogP) is 14.9. The molecule has 8 aliphatic rings. The lowest BCUT2D eigenvalue weighted by Gasteiger charge is -2.37. The van der Waals surface area contributed by atoms with Crippen molar-refractivity contribution in [2.75, 3.05) is 19.6 Å². The lowest BCUT2D eigenvalue weighted by Crippen LogP contribution is -2.41. The van der Waals surface area contributed by atoms with Crippen molar-refractivity contribution in [3.63, 3.8) is 0 Å². The van der Waals surface area contributed by atoms with Gasteiger partial charge in [-0.3, -0.25) is 48.2 Å². The van der Waals surface area contributed by atoms with Crippen molar-refractivity contribution in [2.45, 2.75) is 110 Å². The van der Waals surface area contributed by atoms with Gasteiger partial charge in [-0.1, -0.05) is 52.7 Å². The minimum absolute atomic E-state index is 0.110. The van der Waals surface area contributed by atoms with Crippen molar-refractivity contribution in [1.82, 2.24) is 0 Å². The van der Waals surface area contributed by atoms with E-state index in [0.29, 0.717) is 81.7 Å². The van der Waals surface area contributed by atoms with Gasteiger partial charge in [0, 0.05) is 12.8 Å². The maximum absolute atomic E-state index is 15.7. The highest BCUT2D eigenvalue weighted by molar-refractivity contribution is 6.35. The number of carbonyl (C=O) groups excluding carboxylic acids is 8. The van der Waals surface area contributed by atoms with E-state index in [0.717, 1.165) is 53.8 Å². The van der Waals surface area contributed by atoms with E-state index in [1.165, 1.54) is 109 Å². The van der Waals surface area contributed by atoms with Crippen molar-refractivity contribution in [3.05, 3.63) is 167 Å². The molecule has 8 amide bonds. The molecule has 4 bridgehead atoms. The van der Waals surface area contributed by atoms with Crippen LogP contribution >= 0.6 is 0 Å². The standard InChI is InChI=1S/C73H69F3N4O10/c1-6-54(64-38(3)40-8-10-42(64)32-40)60-36-62(81)77(68(60)85)46-14-22-50(23-15-46)89-52-26-18-48(19-27-52)79-66(83)56-30-12-44(34-58(56)70(79)87)72(5,73(74,75)76)45-13-31-57-59(35-45)71(88)80(67(57)84)49-20-28-53(29-21-49)90-51-24-16-47(17-25-51)78-63(82)37-61(69(78)86)55(7-2)65-39(4)41-9-11-43(65)33-41/h12-31,34-35,38-43,54-55,60-61,64-65H,6-11,32-33,36-37H2,1-5H3. The molecule has 0 N–H and O–H groups in total. The number of benzene rings is 6. The first-order valence-corrected chi connectivity index (χ1v) is 31.8. The summed E-state index contributed by atoms with van der Waals surface area (Å²) in [6, 6.07) is 32.0. The van der Waals surface area contributed by atoms with Crippen molar-refractivity contribution < 1.29 is 61.0 Å². The molecule has 14 nitrogen and oxygen atoms in total. The third-order valence-corrected chi connectivity index (χ3v) is 22.5. The Morgan fingerprint density at radius 1 is 0.433 bits per heavy atom. The molecule has 4 saturated carbocycles. The minimum Gasteiger partial charge on any atom is -0.457 e. The fourth-order valence-corrected chi connectivity index (χ4v) is 17.9. The summed E-state index contributed by atoms with van der Waals surface area (Å²) in [5, 5.41) is 0. The molecule has 6 aromatic rings. The van der Waals surface area contributed by atoms with Gasteiger partial charge in [0.15, 0.2) is 0 Å². The van der Waals surface area contributed by atoms with E-state index >= 15 is 13.2 Å². The Balaban J connectivity index is 0.623. The Kier molecular flexibility index (Phi) is 14.4. The molecule has 4 aliphatic heterocycles. The lowest BCUT2D eigenvalue weighted by atomic mass is 9.67. The summed E-state index contributed by atoms with van der Waals surface area (Å²) in [5.41, 5.74) is -3.16. The molecule has 12 atom stereocenters. The zero-order valence-corrected chi connectivity index (χ0v) is 50.7. The number of rotatable bonds is 16. The molecule has 2 saturated heterocycles. The number of alkyl halides is 3. The van der Waals surface area contributed by atoms with Gasteiger partial charge in [0.2, 0.25) is 23.6 Å². The third kappa shape index (κ3) is 9.32. The molecule has 0 radical (unpaired) electrons. The van der Waals surface area contributed by atoms with Crippen LogP contribution in [0.15, 0.2) is 133 Å². The molecule has 0 spiro atoms. The first kappa shape index (κ1) is 58.9. The van der Waals surface area contributed by atoms with Crippen LogP contribution in [0.25, 0.3) is 0 Å². The molecule has 14 rings (SSSR count). The van der Waals surface area contributed by atoms with Gasteiger partial charge in [0.05, 0.1) is 56.8 Å². The molecule has 4 heterocycles. The fraction of sp³-hybridized carbons (Fsp3) is 0.397. The van der Waals surface area contributed by atoms with Crippen LogP contribution in [0.1, 0.15) is 151 Å². The van der Waals surface area contributed by atoms with Gasteiger partial charge >= 0.3 is 6.18 Å². The highest BCUT2D eigenvalue weighted by Crippen LogP contribution is 2.59. The second kappa shape index (κ2) is 22.0. The zero-order valence-electron chi connectivity index (χ0n) is 50.7. The van der Waals surface area contributed by atoms with Crippen molar-refractivity contribution in [3.8, 4) is 23.0 Å². The summed E-state index contributed by atoms with van der Waals surface area (Å²) < 4.78 is 59.3. The quantitative estimate of drug-likeness (QED) is 0.0851. The van der Waals surface area contributed by atoms with Gasteiger partial charge in [0.25, 0.3) is 23.6 Å². The smallest absolute Gasteiger partial charge is 0.402 e. The average Bonchev–Trinajstić information content (AvgIpc) is 1.43. The number of halogens is 3. The van der Waals surface area contributed by atoms with Crippen LogP contribution < -0.4 is 29.1 Å². The molecule has 6 aromatic carbocycles. The SMILES string of the molecule is CCC(C1CC(=O)N(c2ccc(Oc3ccc(N4C(=O)c5ccc(C(C)(c6ccc7c(c6)C(=O)N(c6ccc(Oc8ccc(N9C(=O)CC(C(CC)C%10C%11CCC(C%11)C%10C)C9=O)cc8)cc6)C7=O)C(F)(F)F)cc5C4=O)cc3)cc2)C1=O)C1C2CCC(C2)C1C. The number of anilines is 4. The largest absolute Gasteiger partial charge is 0.457 e. The topological polar surface area (TPSA) is 168 Å². The minimum atomic E-state index is -5.02. The number of fused-ring (bicyclic) bond motifs is 6. The molecule has 0 aromatic heterocycles. The highest BCUT2D eigenvalue weighted by atomic mass is 19.4. The summed E-state index contributed by atoms with van der Waals surface area (Å²) in [6.07, 6.45) is 4.40. The second-order valence-electron chi connectivity index (χ2n) is 26.7. The number of hydrogen-bond acceptors (Lipinski definition) is 10. The predicted molar refractivity (Wildman–Crippen MR) is 329 cm³/mol. The maximum Gasteiger partial charge on any atom is 0.402 e. The number of hydrogen-bond donors (Lipinski definition) is 0. The molecule has 6 fully saturated rings. The van der Waals surface area contributed by atoms with Crippen LogP contribution in [0.5, 0.6) is 23.0 Å². The van der Waals surface area contributed by atoms with Gasteiger partial charge in [-0.15, -0.1) is 0 Å². The first-order chi connectivity index (χ1) is 43.2. The summed E-state index contributed by atoms with van der Waals surface area (Å²) in [5.74, 6) is 1.76. The summed E-state index contributed by atoms with van der Waals surface area (Å²) in [6.45, 7) is 9.79. The van der Waals surface area contributed by atoms with Crippen LogP contribution in [0, 0.1) is 71.0 Å². The Morgan fingerprint density at radius 2 is 0.744 bits per heavy atom. The third-order valence-electron chi connectivity index (χ3n) is 22.5. The van der Waals surface area contributed by atoms with Gasteiger partial charge in [-0.05, 0) is 237 Å². The molecule has 90 heavy (non-hydrogen) atoms. The molecular weight excluding hydrogens is 1150 g/mol. The van der Waals surface area contributed by atoms with E-state index in [9.17, 15) is 38.4 Å². The molecule has 462 valence electrons. The number of ether oxygens (including phenoxy) is 2. The molecule has 4 aliphatic carbocycles. The van der Waals surface area contributed by atoms with Crippen LogP contribution in [-0.4, -0.2) is 53.4 Å². The summed E-state index contributed by atoms with van der Waals surface area (Å²) in [4.78, 5) is 115. The number of imide groups is 4. The normalized spacial score (nSPS) is 27.4. The second-order valence-corrected chi connectivity index (χ2v) is 26.7. The van der Waals surface area contributed by atoms with Crippen molar-refractivity contribution >= 4 is 70.0 Å². The monoisotopic (exact) mass is 1220 g/mol. The molecular formula is C73H69F3N4O10. The number of nitrogens with zero attached hydrogens (tertiary/aromatic N) is 4. The summed E-state index contributed by atoms with van der Waals surface area (Å²) in [7, 11) is 0. The Bertz CT molecular complexity index is 3730. The highest BCUT2D eigenvalue weighted by Gasteiger charge is 2.57. The van der Waals surface area contributed by atoms with Gasteiger partial charge < -0.3 is 9.47 Å². The average molecular weight is 1220 g/mol. The van der Waals surface area contributed by atoms with E-state index < -0.39 is 35.2 Å². The van der Waals surface area contributed by atoms with Crippen LogP contribution in [0.4, 0.5) is 35.9 Å². The fourth-order valence-electron chi connectivity index (χ4n) is 17.9. The zero-order chi connectivity index (χ0) is 63.0. The van der Waals surface area contributed by atoms with E-state index in [1.54, 1.807) is 48.5 Å². The van der Waals surface area contributed by atoms with E-state index in [4.69, 9.17) is 9.47 Å². The van der Waals surface area contributed by atoms with Crippen molar-refractivity contribution in [1.29, 1.82) is 0 Å². The summed E-state index contributed by atoms with van der Waals surface area (Å²) >= 11 is 0. The lowest BCUT2D eigenvalue weighted by molar-refractivity contribution is -0.173. The van der Waals surface area contributed by atoms with Gasteiger partial charge in [-0.2, -0.15) is 13.2 Å². The Hall–Kier alpha value is -8.73. The van der Waals surface area contributed by atoms with Gasteiger partial charge in [0.1, 0.15) is 28.4 Å². The Morgan fingerprint density at radius 3 is 1.04 bits per heavy atom. The van der Waals surface area contributed by atoms with Crippen LogP contribution in [-0.2, 0) is 24.6 Å². The van der Waals surface area contributed by atoms with E-state index in [2.05, 4.69) is 27.7 Å². The van der Waals surface area contributed by atoms with E-state index in [1.807, 2.05) is 0 Å². The van der Waals surface area contributed by atoms with E-state index in [-0.39, 0.29) is 105 Å².